The first-order valence-corrected chi connectivity index (χ1v) is 5.89. The molecular formula is C12H22BO3. The standard InChI is InChI=1S/C12H22BO3/c1-5-12(4,14)11(2,3)16-13-10-6-8-15-9-7-10/h6,14H,5,7-9H2,1-4H3. The lowest BCUT2D eigenvalue weighted by molar-refractivity contribution is -0.104. The van der Waals surface area contributed by atoms with Crippen LogP contribution in [0.1, 0.15) is 40.5 Å². The molecule has 0 aromatic carbocycles. The highest BCUT2D eigenvalue weighted by molar-refractivity contribution is 6.38. The largest absolute Gasteiger partial charge is 0.427 e. The summed E-state index contributed by atoms with van der Waals surface area (Å²) >= 11 is 0. The van der Waals surface area contributed by atoms with Crippen LogP contribution in [0.5, 0.6) is 0 Å². The topological polar surface area (TPSA) is 38.7 Å². The highest BCUT2D eigenvalue weighted by Gasteiger charge is 2.38. The summed E-state index contributed by atoms with van der Waals surface area (Å²) in [4.78, 5) is 0. The molecule has 0 aromatic rings. The van der Waals surface area contributed by atoms with Gasteiger partial charge in [-0.3, -0.25) is 0 Å². The molecule has 91 valence electrons. The van der Waals surface area contributed by atoms with Gasteiger partial charge in [0.2, 0.25) is 0 Å². The predicted octanol–water partition coefficient (Wildman–Crippen LogP) is 1.87. The molecule has 3 nitrogen and oxygen atoms in total. The van der Waals surface area contributed by atoms with Crippen molar-refractivity contribution in [2.24, 2.45) is 0 Å². The SMILES string of the molecule is CCC(C)(O)C(C)(C)O[B]C1=CCOCC1. The van der Waals surface area contributed by atoms with Gasteiger partial charge >= 0.3 is 7.48 Å². The lowest BCUT2D eigenvalue weighted by Gasteiger charge is -2.40. The molecule has 1 radical (unpaired) electrons. The van der Waals surface area contributed by atoms with E-state index in [1.807, 2.05) is 26.8 Å². The molecule has 0 amide bonds. The number of ether oxygens (including phenoxy) is 1. The third kappa shape index (κ3) is 3.34. The fraction of sp³-hybridized carbons (Fsp3) is 0.833. The van der Waals surface area contributed by atoms with Gasteiger partial charge in [0.25, 0.3) is 0 Å². The van der Waals surface area contributed by atoms with Gasteiger partial charge in [0, 0.05) is 6.61 Å². The van der Waals surface area contributed by atoms with Crippen LogP contribution < -0.4 is 0 Å². The third-order valence-electron chi connectivity index (χ3n) is 3.49. The Morgan fingerprint density at radius 1 is 1.50 bits per heavy atom. The summed E-state index contributed by atoms with van der Waals surface area (Å²) in [6.45, 7) is 8.98. The summed E-state index contributed by atoms with van der Waals surface area (Å²) in [5, 5.41) is 10.2. The van der Waals surface area contributed by atoms with Crippen LogP contribution in [0.25, 0.3) is 0 Å². The number of hydrogen-bond acceptors (Lipinski definition) is 3. The van der Waals surface area contributed by atoms with E-state index in [1.165, 1.54) is 0 Å². The Balaban J connectivity index is 2.50. The lowest BCUT2D eigenvalue weighted by Crippen LogP contribution is -2.50. The van der Waals surface area contributed by atoms with E-state index in [9.17, 15) is 5.11 Å². The van der Waals surface area contributed by atoms with Gasteiger partial charge in [0.1, 0.15) is 0 Å². The van der Waals surface area contributed by atoms with Crippen LogP contribution in [-0.4, -0.2) is 37.0 Å². The Morgan fingerprint density at radius 3 is 2.69 bits per heavy atom. The van der Waals surface area contributed by atoms with Gasteiger partial charge < -0.3 is 14.5 Å². The molecule has 1 heterocycles. The fourth-order valence-electron chi connectivity index (χ4n) is 1.42. The summed E-state index contributed by atoms with van der Waals surface area (Å²) < 4.78 is 10.9. The van der Waals surface area contributed by atoms with E-state index < -0.39 is 11.2 Å². The minimum absolute atomic E-state index is 0.582. The summed E-state index contributed by atoms with van der Waals surface area (Å²) in [7, 11) is 1.76. The fourth-order valence-corrected chi connectivity index (χ4v) is 1.42. The Hall–Kier alpha value is -0.315. The first-order valence-electron chi connectivity index (χ1n) is 5.89. The van der Waals surface area contributed by atoms with E-state index in [1.54, 1.807) is 14.4 Å². The molecule has 0 aromatic heterocycles. The molecule has 0 saturated heterocycles. The molecule has 0 bridgehead atoms. The van der Waals surface area contributed by atoms with E-state index >= 15 is 0 Å². The molecule has 1 rings (SSSR count). The first kappa shape index (κ1) is 13.7. The van der Waals surface area contributed by atoms with Crippen LogP contribution in [0.15, 0.2) is 11.5 Å². The zero-order valence-electron chi connectivity index (χ0n) is 10.7. The summed E-state index contributed by atoms with van der Waals surface area (Å²) in [5.41, 5.74) is -0.262. The summed E-state index contributed by atoms with van der Waals surface area (Å²) in [6, 6.07) is 0. The zero-order chi connectivity index (χ0) is 12.2. The van der Waals surface area contributed by atoms with Crippen molar-refractivity contribution in [1.82, 2.24) is 0 Å². The van der Waals surface area contributed by atoms with Crippen molar-refractivity contribution in [3.63, 3.8) is 0 Å². The van der Waals surface area contributed by atoms with Crippen LogP contribution in [0.4, 0.5) is 0 Å². The maximum absolute atomic E-state index is 10.2. The van der Waals surface area contributed by atoms with E-state index in [2.05, 4.69) is 0 Å². The van der Waals surface area contributed by atoms with Crippen LogP contribution >= 0.6 is 0 Å². The molecule has 4 heteroatoms. The molecule has 0 fully saturated rings. The number of hydrogen-bond donors (Lipinski definition) is 1. The maximum atomic E-state index is 10.2. The lowest BCUT2D eigenvalue weighted by atomic mass is 9.79. The van der Waals surface area contributed by atoms with Gasteiger partial charge in [-0.15, -0.1) is 0 Å². The average Bonchev–Trinajstić information content (AvgIpc) is 2.27. The predicted molar refractivity (Wildman–Crippen MR) is 65.4 cm³/mol. The molecule has 1 aliphatic rings. The molecule has 16 heavy (non-hydrogen) atoms. The van der Waals surface area contributed by atoms with E-state index in [4.69, 9.17) is 9.39 Å². The summed E-state index contributed by atoms with van der Waals surface area (Å²) in [6.07, 6.45) is 3.56. The minimum Gasteiger partial charge on any atom is -0.427 e. The molecule has 0 aliphatic carbocycles. The van der Waals surface area contributed by atoms with Gasteiger partial charge in [-0.1, -0.05) is 18.5 Å². The van der Waals surface area contributed by atoms with Gasteiger partial charge in [-0.05, 0) is 33.6 Å². The number of aliphatic hydroxyl groups is 1. The number of rotatable bonds is 5. The highest BCUT2D eigenvalue weighted by atomic mass is 16.5. The Bertz CT molecular complexity index is 259. The molecule has 1 aliphatic heterocycles. The molecule has 1 atom stereocenters. The van der Waals surface area contributed by atoms with Crippen molar-refractivity contribution < 1.29 is 14.5 Å². The van der Waals surface area contributed by atoms with Crippen LogP contribution in [0.3, 0.4) is 0 Å². The van der Waals surface area contributed by atoms with Gasteiger partial charge in [-0.2, -0.15) is 0 Å². The van der Waals surface area contributed by atoms with Crippen molar-refractivity contribution in [3.8, 4) is 0 Å². The molecule has 0 spiro atoms. The van der Waals surface area contributed by atoms with Gasteiger partial charge in [-0.25, -0.2) is 0 Å². The van der Waals surface area contributed by atoms with Crippen molar-refractivity contribution in [3.05, 3.63) is 11.5 Å². The third-order valence-corrected chi connectivity index (χ3v) is 3.49. The quantitative estimate of drug-likeness (QED) is 0.726. The van der Waals surface area contributed by atoms with E-state index in [-0.39, 0.29) is 0 Å². The molecule has 1 N–H and O–H groups in total. The van der Waals surface area contributed by atoms with E-state index in [0.717, 1.165) is 18.5 Å². The normalized spacial score (nSPS) is 21.2. The second-order valence-electron chi connectivity index (χ2n) is 4.98. The van der Waals surface area contributed by atoms with Crippen LogP contribution in [0, 0.1) is 0 Å². The second-order valence-corrected chi connectivity index (χ2v) is 4.98. The minimum atomic E-state index is -0.824. The Kier molecular flexibility index (Phi) is 4.59. The molecule has 1 unspecified atom stereocenters. The van der Waals surface area contributed by atoms with Gasteiger partial charge in [0.15, 0.2) is 0 Å². The van der Waals surface area contributed by atoms with Gasteiger partial charge in [0.05, 0.1) is 17.8 Å². The monoisotopic (exact) mass is 225 g/mol. The summed E-state index contributed by atoms with van der Waals surface area (Å²) in [5.74, 6) is 0. The van der Waals surface area contributed by atoms with Crippen molar-refractivity contribution >= 4 is 7.48 Å². The Morgan fingerprint density at radius 2 is 2.19 bits per heavy atom. The van der Waals surface area contributed by atoms with Crippen LogP contribution in [0.2, 0.25) is 0 Å². The van der Waals surface area contributed by atoms with Crippen molar-refractivity contribution in [1.29, 1.82) is 0 Å². The highest BCUT2D eigenvalue weighted by Crippen LogP contribution is 2.28. The Labute approximate surface area is 99.1 Å². The molecule has 0 saturated carbocycles. The zero-order valence-corrected chi connectivity index (χ0v) is 10.7. The second kappa shape index (κ2) is 5.34. The molecular weight excluding hydrogens is 203 g/mol. The average molecular weight is 225 g/mol. The van der Waals surface area contributed by atoms with Crippen molar-refractivity contribution in [2.75, 3.05) is 13.2 Å². The maximum Gasteiger partial charge on any atom is 0.326 e. The first-order chi connectivity index (χ1) is 7.39. The van der Waals surface area contributed by atoms with Crippen molar-refractivity contribution in [2.45, 2.75) is 51.7 Å². The van der Waals surface area contributed by atoms with Crippen LogP contribution in [-0.2, 0) is 9.39 Å². The smallest absolute Gasteiger partial charge is 0.326 e. The van der Waals surface area contributed by atoms with E-state index in [0.29, 0.717) is 13.0 Å².